The van der Waals surface area contributed by atoms with E-state index in [1.165, 1.54) is 5.56 Å². The van der Waals surface area contributed by atoms with Crippen molar-refractivity contribution in [3.05, 3.63) is 30.1 Å². The van der Waals surface area contributed by atoms with Gasteiger partial charge in [0, 0.05) is 24.9 Å². The zero-order chi connectivity index (χ0) is 12.5. The van der Waals surface area contributed by atoms with Gasteiger partial charge in [0.15, 0.2) is 0 Å². The quantitative estimate of drug-likeness (QED) is 0.221. The molecule has 5 nitrogen and oxygen atoms in total. The van der Waals surface area contributed by atoms with Crippen LogP contribution >= 0.6 is 0 Å². The van der Waals surface area contributed by atoms with Crippen molar-refractivity contribution >= 4 is 5.84 Å². The van der Waals surface area contributed by atoms with Crippen LogP contribution in [-0.4, -0.2) is 22.6 Å². The number of oxime groups is 1. The summed E-state index contributed by atoms with van der Waals surface area (Å²) in [7, 11) is 0. The summed E-state index contributed by atoms with van der Waals surface area (Å²) < 4.78 is 0. The Balaban J connectivity index is 2.15. The van der Waals surface area contributed by atoms with Gasteiger partial charge in [-0.1, -0.05) is 5.16 Å². The third-order valence-electron chi connectivity index (χ3n) is 2.64. The summed E-state index contributed by atoms with van der Waals surface area (Å²) in [6.07, 6.45) is 6.16. The second-order valence-corrected chi connectivity index (χ2v) is 4.00. The summed E-state index contributed by atoms with van der Waals surface area (Å²) in [5.41, 5.74) is 6.61. The molecule has 0 unspecified atom stereocenters. The van der Waals surface area contributed by atoms with Crippen LogP contribution in [0.25, 0.3) is 0 Å². The first-order valence-corrected chi connectivity index (χ1v) is 5.83. The smallest absolute Gasteiger partial charge is 0.139 e. The summed E-state index contributed by atoms with van der Waals surface area (Å²) >= 11 is 0. The molecule has 0 radical (unpaired) electrons. The summed E-state index contributed by atoms with van der Waals surface area (Å²) in [6, 6.07) is 4.34. The molecule has 1 atom stereocenters. The highest BCUT2D eigenvalue weighted by atomic mass is 16.4. The van der Waals surface area contributed by atoms with E-state index in [0.717, 1.165) is 19.4 Å². The monoisotopic (exact) mass is 236 g/mol. The molecule has 0 aromatic carbocycles. The molecule has 0 saturated heterocycles. The number of nitrogens with two attached hydrogens (primary N) is 1. The highest BCUT2D eigenvalue weighted by Crippen LogP contribution is 2.10. The summed E-state index contributed by atoms with van der Waals surface area (Å²) in [4.78, 5) is 3.99. The fourth-order valence-electron chi connectivity index (χ4n) is 1.57. The van der Waals surface area contributed by atoms with Crippen molar-refractivity contribution in [3.63, 3.8) is 0 Å². The van der Waals surface area contributed by atoms with Gasteiger partial charge in [0.25, 0.3) is 0 Å². The van der Waals surface area contributed by atoms with E-state index in [2.05, 4.69) is 22.4 Å². The first-order valence-electron chi connectivity index (χ1n) is 5.83. The number of nitrogens with zero attached hydrogens (tertiary/aromatic N) is 2. The highest BCUT2D eigenvalue weighted by molar-refractivity contribution is 5.79. The number of aromatic nitrogens is 1. The Bertz CT molecular complexity index is 340. The molecule has 0 amide bonds. The van der Waals surface area contributed by atoms with Crippen molar-refractivity contribution in [2.75, 3.05) is 6.54 Å². The molecule has 0 fully saturated rings. The summed E-state index contributed by atoms with van der Waals surface area (Å²) in [5, 5.41) is 14.7. The van der Waals surface area contributed by atoms with Crippen LogP contribution in [0.3, 0.4) is 0 Å². The minimum absolute atomic E-state index is 0.298. The van der Waals surface area contributed by atoms with Crippen LogP contribution in [0.5, 0.6) is 0 Å². The van der Waals surface area contributed by atoms with Crippen molar-refractivity contribution in [3.8, 4) is 0 Å². The molecule has 5 heteroatoms. The molecule has 1 rings (SSSR count). The molecule has 17 heavy (non-hydrogen) atoms. The fourth-order valence-corrected chi connectivity index (χ4v) is 1.57. The summed E-state index contributed by atoms with van der Waals surface area (Å²) in [6.45, 7) is 3.04. The number of amidine groups is 1. The van der Waals surface area contributed by atoms with Crippen LogP contribution < -0.4 is 11.1 Å². The van der Waals surface area contributed by atoms with Crippen molar-refractivity contribution < 1.29 is 5.21 Å². The average molecular weight is 236 g/mol. The standard InChI is InChI=1S/C12H20N4O/c1-10(11-5-8-14-9-6-11)15-7-3-2-4-12(13)16-17/h5-6,8-10,15,17H,2-4,7H2,1H3,(H2,13,16)/t10-/m1/s1. The van der Waals surface area contributed by atoms with Crippen molar-refractivity contribution in [1.82, 2.24) is 10.3 Å². The zero-order valence-electron chi connectivity index (χ0n) is 10.1. The minimum Gasteiger partial charge on any atom is -0.409 e. The number of pyridine rings is 1. The molecular formula is C12H20N4O. The number of nitrogens with one attached hydrogen (secondary N) is 1. The number of rotatable bonds is 7. The SMILES string of the molecule is C[C@@H](NCCCC/C(N)=N/O)c1ccncc1. The first-order chi connectivity index (χ1) is 8.24. The van der Waals surface area contributed by atoms with Gasteiger partial charge in [-0.05, 0) is 44.0 Å². The zero-order valence-corrected chi connectivity index (χ0v) is 10.1. The molecule has 0 aliphatic carbocycles. The maximum atomic E-state index is 8.37. The molecule has 0 bridgehead atoms. The average Bonchev–Trinajstić information content (AvgIpc) is 2.38. The van der Waals surface area contributed by atoms with E-state index in [-0.39, 0.29) is 0 Å². The topological polar surface area (TPSA) is 83.5 Å². The van der Waals surface area contributed by atoms with Gasteiger partial charge in [-0.3, -0.25) is 4.98 Å². The molecule has 0 saturated carbocycles. The third-order valence-corrected chi connectivity index (χ3v) is 2.64. The lowest BCUT2D eigenvalue weighted by atomic mass is 10.1. The van der Waals surface area contributed by atoms with Crippen LogP contribution in [0.2, 0.25) is 0 Å². The van der Waals surface area contributed by atoms with E-state index >= 15 is 0 Å². The minimum atomic E-state index is 0.298. The molecular weight excluding hydrogens is 216 g/mol. The van der Waals surface area contributed by atoms with E-state index in [1.54, 1.807) is 12.4 Å². The Hall–Kier alpha value is -1.62. The fraction of sp³-hybridized carbons (Fsp3) is 0.500. The molecule has 0 aliphatic heterocycles. The molecule has 1 aromatic rings. The lowest BCUT2D eigenvalue weighted by Gasteiger charge is -2.13. The molecule has 1 aromatic heterocycles. The first kappa shape index (κ1) is 13.4. The number of hydrogen-bond donors (Lipinski definition) is 3. The summed E-state index contributed by atoms with van der Waals surface area (Å²) in [5.74, 6) is 0.298. The van der Waals surface area contributed by atoms with E-state index < -0.39 is 0 Å². The predicted molar refractivity (Wildman–Crippen MR) is 67.9 cm³/mol. The van der Waals surface area contributed by atoms with Crippen molar-refractivity contribution in [1.29, 1.82) is 0 Å². The second kappa shape index (κ2) is 7.62. The number of unbranched alkanes of at least 4 members (excludes halogenated alkanes) is 1. The highest BCUT2D eigenvalue weighted by Gasteiger charge is 2.03. The molecule has 1 heterocycles. The van der Waals surface area contributed by atoms with Gasteiger partial charge in [0.05, 0.1) is 0 Å². The van der Waals surface area contributed by atoms with Gasteiger partial charge in [0.2, 0.25) is 0 Å². The van der Waals surface area contributed by atoms with Crippen molar-refractivity contribution in [2.24, 2.45) is 10.9 Å². The van der Waals surface area contributed by atoms with E-state index in [9.17, 15) is 0 Å². The molecule has 4 N–H and O–H groups in total. The number of hydrogen-bond acceptors (Lipinski definition) is 4. The van der Waals surface area contributed by atoms with Gasteiger partial charge in [0.1, 0.15) is 5.84 Å². The maximum absolute atomic E-state index is 8.37. The van der Waals surface area contributed by atoms with Crippen LogP contribution in [0.4, 0.5) is 0 Å². The Labute approximate surface area is 102 Å². The molecule has 94 valence electrons. The Kier molecular flexibility index (Phi) is 6.03. The lowest BCUT2D eigenvalue weighted by Crippen LogP contribution is -2.20. The predicted octanol–water partition coefficient (Wildman–Crippen LogP) is 1.65. The van der Waals surface area contributed by atoms with Crippen LogP contribution in [0.15, 0.2) is 29.7 Å². The van der Waals surface area contributed by atoms with Gasteiger partial charge in [-0.2, -0.15) is 0 Å². The van der Waals surface area contributed by atoms with E-state index in [4.69, 9.17) is 10.9 Å². The van der Waals surface area contributed by atoms with E-state index in [0.29, 0.717) is 18.3 Å². The Morgan fingerprint density at radius 1 is 1.47 bits per heavy atom. The second-order valence-electron chi connectivity index (χ2n) is 4.00. The molecule has 0 aliphatic rings. The Morgan fingerprint density at radius 2 is 2.18 bits per heavy atom. The van der Waals surface area contributed by atoms with Gasteiger partial charge < -0.3 is 16.3 Å². The largest absolute Gasteiger partial charge is 0.409 e. The maximum Gasteiger partial charge on any atom is 0.139 e. The van der Waals surface area contributed by atoms with Gasteiger partial charge in [-0.15, -0.1) is 0 Å². The van der Waals surface area contributed by atoms with Crippen molar-refractivity contribution in [2.45, 2.75) is 32.2 Å². The third kappa shape index (κ3) is 5.31. The van der Waals surface area contributed by atoms with E-state index in [1.807, 2.05) is 12.1 Å². The van der Waals surface area contributed by atoms with Crippen LogP contribution in [0.1, 0.15) is 37.8 Å². The van der Waals surface area contributed by atoms with Crippen LogP contribution in [-0.2, 0) is 0 Å². The lowest BCUT2D eigenvalue weighted by molar-refractivity contribution is 0.316. The van der Waals surface area contributed by atoms with Gasteiger partial charge in [-0.25, -0.2) is 0 Å². The molecule has 0 spiro atoms. The normalized spacial score (nSPS) is 13.6. The van der Waals surface area contributed by atoms with Gasteiger partial charge >= 0.3 is 0 Å². The Morgan fingerprint density at radius 3 is 2.82 bits per heavy atom. The van der Waals surface area contributed by atoms with Crippen LogP contribution in [0, 0.1) is 0 Å².